The Kier molecular flexibility index (Phi) is 3.49. The molecule has 0 bridgehead atoms. The maximum absolute atomic E-state index is 9.79. The van der Waals surface area contributed by atoms with Crippen molar-refractivity contribution in [3.05, 3.63) is 29.8 Å². The summed E-state index contributed by atoms with van der Waals surface area (Å²) in [5.41, 5.74) is 2.26. The molecule has 0 amide bonds. The van der Waals surface area contributed by atoms with Crippen molar-refractivity contribution < 1.29 is 5.11 Å². The molecule has 1 aromatic rings. The summed E-state index contributed by atoms with van der Waals surface area (Å²) in [6.07, 6.45) is 3.46. The van der Waals surface area contributed by atoms with Gasteiger partial charge in [-0.2, -0.15) is 0 Å². The number of aliphatic hydroxyl groups is 1. The van der Waals surface area contributed by atoms with Crippen molar-refractivity contribution in [2.45, 2.75) is 45.3 Å². The molecule has 0 aromatic heterocycles. The fraction of sp³-hybridized carbons (Fsp3) is 0.571. The van der Waals surface area contributed by atoms with Gasteiger partial charge in [0.15, 0.2) is 0 Å². The number of benzene rings is 1. The zero-order chi connectivity index (χ0) is 11.5. The molecule has 1 aliphatic heterocycles. The van der Waals surface area contributed by atoms with Crippen molar-refractivity contribution in [2.75, 3.05) is 11.4 Å². The molecule has 2 heteroatoms. The lowest BCUT2D eigenvalue weighted by molar-refractivity contribution is 0.199. The molecule has 1 saturated heterocycles. The summed E-state index contributed by atoms with van der Waals surface area (Å²) in [5.74, 6) is 0. The average molecular weight is 219 g/mol. The van der Waals surface area contributed by atoms with Gasteiger partial charge in [-0.3, -0.25) is 0 Å². The van der Waals surface area contributed by atoms with Crippen LogP contribution in [-0.4, -0.2) is 17.7 Å². The van der Waals surface area contributed by atoms with Crippen LogP contribution in [0.3, 0.4) is 0 Å². The molecule has 0 saturated carbocycles. The first-order valence-corrected chi connectivity index (χ1v) is 6.24. The fourth-order valence-corrected chi connectivity index (χ4v) is 2.56. The Hall–Kier alpha value is -1.02. The normalized spacial score (nSPS) is 23.2. The lowest BCUT2D eigenvalue weighted by Crippen LogP contribution is -2.38. The Morgan fingerprint density at radius 1 is 1.31 bits per heavy atom. The molecule has 88 valence electrons. The van der Waals surface area contributed by atoms with E-state index < -0.39 is 0 Å². The van der Waals surface area contributed by atoms with Gasteiger partial charge >= 0.3 is 0 Å². The Morgan fingerprint density at radius 2 is 2.06 bits per heavy atom. The van der Waals surface area contributed by atoms with Gasteiger partial charge in [-0.1, -0.05) is 18.2 Å². The topological polar surface area (TPSA) is 23.5 Å². The van der Waals surface area contributed by atoms with Gasteiger partial charge in [0.25, 0.3) is 0 Å². The fourth-order valence-electron chi connectivity index (χ4n) is 2.56. The van der Waals surface area contributed by atoms with Gasteiger partial charge in [-0.05, 0) is 39.2 Å². The van der Waals surface area contributed by atoms with Crippen LogP contribution in [-0.2, 0) is 0 Å². The number of piperidine rings is 1. The number of hydrogen-bond acceptors (Lipinski definition) is 2. The van der Waals surface area contributed by atoms with Crippen LogP contribution in [0.1, 0.15) is 44.8 Å². The number of hydrogen-bond donors (Lipinski definition) is 1. The minimum atomic E-state index is -0.384. The van der Waals surface area contributed by atoms with E-state index in [1.807, 2.05) is 19.1 Å². The second-order valence-electron chi connectivity index (χ2n) is 4.77. The first-order valence-electron chi connectivity index (χ1n) is 6.24. The van der Waals surface area contributed by atoms with E-state index in [-0.39, 0.29) is 6.10 Å². The number of nitrogens with zero attached hydrogens (tertiary/aromatic N) is 1. The van der Waals surface area contributed by atoms with Crippen LogP contribution in [0.4, 0.5) is 5.69 Å². The van der Waals surface area contributed by atoms with Crippen molar-refractivity contribution in [3.8, 4) is 0 Å². The lowest BCUT2D eigenvalue weighted by atomic mass is 10.00. The zero-order valence-electron chi connectivity index (χ0n) is 10.2. The summed E-state index contributed by atoms with van der Waals surface area (Å²) < 4.78 is 0. The van der Waals surface area contributed by atoms with E-state index in [2.05, 4.69) is 24.0 Å². The van der Waals surface area contributed by atoms with Gasteiger partial charge in [0, 0.05) is 23.8 Å². The molecule has 16 heavy (non-hydrogen) atoms. The van der Waals surface area contributed by atoms with Gasteiger partial charge < -0.3 is 10.0 Å². The van der Waals surface area contributed by atoms with Gasteiger partial charge in [0.05, 0.1) is 6.10 Å². The average Bonchev–Trinajstić information content (AvgIpc) is 2.29. The Balaban J connectivity index is 2.31. The molecule has 1 aliphatic rings. The van der Waals surface area contributed by atoms with Crippen LogP contribution < -0.4 is 4.90 Å². The summed E-state index contributed by atoms with van der Waals surface area (Å²) in [4.78, 5) is 2.44. The zero-order valence-corrected chi connectivity index (χ0v) is 10.2. The first-order chi connectivity index (χ1) is 7.70. The minimum Gasteiger partial charge on any atom is -0.389 e. The number of rotatable bonds is 2. The van der Waals surface area contributed by atoms with E-state index in [0.717, 1.165) is 12.1 Å². The number of anilines is 1. The van der Waals surface area contributed by atoms with Crippen molar-refractivity contribution in [3.63, 3.8) is 0 Å². The van der Waals surface area contributed by atoms with Crippen LogP contribution in [0.5, 0.6) is 0 Å². The Morgan fingerprint density at radius 3 is 2.75 bits per heavy atom. The summed E-state index contributed by atoms with van der Waals surface area (Å²) in [6, 6.07) is 8.81. The molecule has 1 N–H and O–H groups in total. The molecule has 0 radical (unpaired) electrons. The molecular weight excluding hydrogens is 198 g/mol. The van der Waals surface area contributed by atoms with Crippen molar-refractivity contribution in [1.29, 1.82) is 0 Å². The van der Waals surface area contributed by atoms with Crippen LogP contribution >= 0.6 is 0 Å². The van der Waals surface area contributed by atoms with E-state index in [4.69, 9.17) is 0 Å². The van der Waals surface area contributed by atoms with Gasteiger partial charge in [-0.15, -0.1) is 0 Å². The van der Waals surface area contributed by atoms with E-state index in [9.17, 15) is 5.11 Å². The molecule has 1 heterocycles. The summed E-state index contributed by atoms with van der Waals surface area (Å²) >= 11 is 0. The molecule has 0 spiro atoms. The second-order valence-corrected chi connectivity index (χ2v) is 4.77. The Labute approximate surface area is 97.9 Å². The van der Waals surface area contributed by atoms with Crippen LogP contribution in [0.25, 0.3) is 0 Å². The minimum absolute atomic E-state index is 0.384. The molecule has 1 unspecified atom stereocenters. The SMILES string of the molecule is CC1CCCCN1c1ccccc1[C@H](C)O. The summed E-state index contributed by atoms with van der Waals surface area (Å²) in [5, 5.41) is 9.79. The van der Waals surface area contributed by atoms with E-state index in [1.54, 1.807) is 0 Å². The predicted octanol–water partition coefficient (Wildman–Crippen LogP) is 3.12. The van der Waals surface area contributed by atoms with Crippen LogP contribution in [0, 0.1) is 0 Å². The van der Waals surface area contributed by atoms with Crippen molar-refractivity contribution in [1.82, 2.24) is 0 Å². The predicted molar refractivity (Wildman–Crippen MR) is 67.7 cm³/mol. The van der Waals surface area contributed by atoms with Gasteiger partial charge in [-0.25, -0.2) is 0 Å². The molecule has 0 aliphatic carbocycles. The van der Waals surface area contributed by atoms with E-state index in [1.165, 1.54) is 24.9 Å². The van der Waals surface area contributed by atoms with Crippen LogP contribution in [0.2, 0.25) is 0 Å². The third-order valence-electron chi connectivity index (χ3n) is 3.50. The molecule has 1 aromatic carbocycles. The molecular formula is C14H21NO. The number of aliphatic hydroxyl groups excluding tert-OH is 1. The monoisotopic (exact) mass is 219 g/mol. The molecule has 1 fully saturated rings. The largest absolute Gasteiger partial charge is 0.389 e. The summed E-state index contributed by atoms with van der Waals surface area (Å²) in [6.45, 7) is 5.23. The molecule has 2 atom stereocenters. The van der Waals surface area contributed by atoms with Gasteiger partial charge in [0.1, 0.15) is 0 Å². The van der Waals surface area contributed by atoms with Crippen molar-refractivity contribution >= 4 is 5.69 Å². The van der Waals surface area contributed by atoms with Crippen molar-refractivity contribution in [2.24, 2.45) is 0 Å². The van der Waals surface area contributed by atoms with E-state index in [0.29, 0.717) is 6.04 Å². The standard InChI is InChI=1S/C14H21NO/c1-11-7-5-6-10-15(11)14-9-4-3-8-13(14)12(2)16/h3-4,8-9,11-12,16H,5-7,10H2,1-2H3/t11?,12-/m0/s1. The third-order valence-corrected chi connectivity index (χ3v) is 3.50. The molecule has 2 rings (SSSR count). The van der Waals surface area contributed by atoms with E-state index >= 15 is 0 Å². The third kappa shape index (κ3) is 2.22. The molecule has 2 nitrogen and oxygen atoms in total. The van der Waals surface area contributed by atoms with Gasteiger partial charge in [0.2, 0.25) is 0 Å². The quantitative estimate of drug-likeness (QED) is 0.826. The maximum Gasteiger partial charge on any atom is 0.0781 e. The smallest absolute Gasteiger partial charge is 0.0781 e. The highest BCUT2D eigenvalue weighted by Crippen LogP contribution is 2.30. The Bertz CT molecular complexity index is 348. The highest BCUT2D eigenvalue weighted by molar-refractivity contribution is 5.55. The maximum atomic E-state index is 9.79. The highest BCUT2D eigenvalue weighted by atomic mass is 16.3. The van der Waals surface area contributed by atoms with Crippen LogP contribution in [0.15, 0.2) is 24.3 Å². The number of para-hydroxylation sites is 1. The second kappa shape index (κ2) is 4.88. The first kappa shape index (κ1) is 11.5. The summed E-state index contributed by atoms with van der Waals surface area (Å²) in [7, 11) is 0. The lowest BCUT2D eigenvalue weighted by Gasteiger charge is -2.37. The highest BCUT2D eigenvalue weighted by Gasteiger charge is 2.21.